The second-order valence-electron chi connectivity index (χ2n) is 2.42. The molecule has 0 aliphatic carbocycles. The molecule has 0 fully saturated rings. The summed E-state index contributed by atoms with van der Waals surface area (Å²) < 4.78 is 0. The van der Waals surface area contributed by atoms with Crippen molar-refractivity contribution in [3.05, 3.63) is 0 Å². The summed E-state index contributed by atoms with van der Waals surface area (Å²) in [4.78, 5) is 31.1. The molecule has 6 heteroatoms. The van der Waals surface area contributed by atoms with Gasteiger partial charge in [0.15, 0.2) is 0 Å². The third-order valence-corrected chi connectivity index (χ3v) is 1.24. The Kier molecular flexibility index (Phi) is 7.77. The summed E-state index contributed by atoms with van der Waals surface area (Å²) in [5.74, 6) is -0.642. The Morgan fingerprint density at radius 1 is 0.929 bits per heavy atom. The fraction of sp³-hybridized carbons (Fsp3) is 0.750. The van der Waals surface area contributed by atoms with Gasteiger partial charge >= 0.3 is 0 Å². The van der Waals surface area contributed by atoms with Gasteiger partial charge < -0.3 is 0 Å². The predicted molar refractivity (Wildman–Crippen MR) is 48.8 cm³/mol. The molecule has 0 heterocycles. The van der Waals surface area contributed by atoms with Crippen LogP contribution in [-0.2, 0) is 19.3 Å². The molecule has 0 aliphatic rings. The molecule has 0 unspecified atom stereocenters. The summed E-state index contributed by atoms with van der Waals surface area (Å²) >= 11 is 0. The maximum absolute atomic E-state index is 10.9. The minimum absolute atomic E-state index is 0.0822. The van der Waals surface area contributed by atoms with Crippen molar-refractivity contribution in [3.8, 4) is 0 Å². The quantitative estimate of drug-likeness (QED) is 0.568. The van der Waals surface area contributed by atoms with Crippen molar-refractivity contribution in [1.29, 1.82) is 0 Å². The monoisotopic (exact) mass is 204 g/mol. The molecule has 6 nitrogen and oxygen atoms in total. The van der Waals surface area contributed by atoms with E-state index in [0.29, 0.717) is 13.2 Å². The number of carbonyl (C=O) groups is 2. The zero-order valence-corrected chi connectivity index (χ0v) is 8.46. The largest absolute Gasteiger partial charge is 0.274 e. The van der Waals surface area contributed by atoms with E-state index in [1.807, 2.05) is 0 Å². The number of hydrogen-bond acceptors (Lipinski definition) is 4. The van der Waals surface area contributed by atoms with E-state index in [1.165, 1.54) is 0 Å². The van der Waals surface area contributed by atoms with Gasteiger partial charge in [0.25, 0.3) is 0 Å². The molecule has 0 radical (unpaired) electrons. The first-order valence-corrected chi connectivity index (χ1v) is 4.52. The van der Waals surface area contributed by atoms with Crippen LogP contribution in [0.1, 0.15) is 26.7 Å². The zero-order valence-electron chi connectivity index (χ0n) is 8.46. The lowest BCUT2D eigenvalue weighted by Crippen LogP contribution is -2.28. The van der Waals surface area contributed by atoms with Gasteiger partial charge in [0.2, 0.25) is 11.8 Å². The summed E-state index contributed by atoms with van der Waals surface area (Å²) in [5.41, 5.74) is 4.37. The highest BCUT2D eigenvalue weighted by Crippen LogP contribution is 1.89. The topological polar surface area (TPSA) is 76.7 Å². The van der Waals surface area contributed by atoms with Gasteiger partial charge in [0, 0.05) is 12.8 Å². The standard InChI is InChI=1S/C8H16N2O4/c1-3-13-9-7(11)5-6-8(12)10-14-4-2/h3-6H2,1-2H3,(H,9,11)(H,10,12). The molecule has 0 rings (SSSR count). The van der Waals surface area contributed by atoms with Gasteiger partial charge in [-0.05, 0) is 13.8 Å². The second-order valence-corrected chi connectivity index (χ2v) is 2.42. The van der Waals surface area contributed by atoms with Crippen LogP contribution in [0.2, 0.25) is 0 Å². The Bertz CT molecular complexity index is 164. The summed E-state index contributed by atoms with van der Waals surface area (Å²) in [6, 6.07) is 0. The highest BCUT2D eigenvalue weighted by atomic mass is 16.7. The van der Waals surface area contributed by atoms with Gasteiger partial charge in [-0.2, -0.15) is 0 Å². The van der Waals surface area contributed by atoms with Crippen molar-refractivity contribution < 1.29 is 19.3 Å². The fourth-order valence-corrected chi connectivity index (χ4v) is 0.634. The van der Waals surface area contributed by atoms with Crippen LogP contribution < -0.4 is 11.0 Å². The number of hydroxylamine groups is 2. The van der Waals surface area contributed by atoms with Crippen LogP contribution >= 0.6 is 0 Å². The van der Waals surface area contributed by atoms with Crippen molar-refractivity contribution >= 4 is 11.8 Å². The zero-order chi connectivity index (χ0) is 10.8. The minimum Gasteiger partial charge on any atom is -0.274 e. The van der Waals surface area contributed by atoms with Gasteiger partial charge in [-0.1, -0.05) is 0 Å². The first kappa shape index (κ1) is 12.9. The number of rotatable bonds is 7. The fourth-order valence-electron chi connectivity index (χ4n) is 0.634. The third-order valence-electron chi connectivity index (χ3n) is 1.24. The molecule has 14 heavy (non-hydrogen) atoms. The van der Waals surface area contributed by atoms with Crippen LogP contribution in [0, 0.1) is 0 Å². The Morgan fingerprint density at radius 3 is 1.57 bits per heavy atom. The molecular weight excluding hydrogens is 188 g/mol. The number of nitrogens with one attached hydrogen (secondary N) is 2. The van der Waals surface area contributed by atoms with E-state index in [0.717, 1.165) is 0 Å². The van der Waals surface area contributed by atoms with Crippen LogP contribution in [0.25, 0.3) is 0 Å². The highest BCUT2D eigenvalue weighted by Gasteiger charge is 2.05. The first-order valence-electron chi connectivity index (χ1n) is 4.52. The molecular formula is C8H16N2O4. The van der Waals surface area contributed by atoms with Gasteiger partial charge in [0.1, 0.15) is 0 Å². The van der Waals surface area contributed by atoms with E-state index in [4.69, 9.17) is 0 Å². The maximum Gasteiger partial charge on any atom is 0.244 e. The normalized spacial score (nSPS) is 9.57. The van der Waals surface area contributed by atoms with Gasteiger partial charge in [-0.25, -0.2) is 11.0 Å². The molecule has 0 saturated heterocycles. The molecule has 82 valence electrons. The molecule has 0 aliphatic heterocycles. The predicted octanol–water partition coefficient (Wildman–Crippen LogP) is -0.0980. The van der Waals surface area contributed by atoms with Crippen LogP contribution in [0.3, 0.4) is 0 Å². The Labute approximate surface area is 82.9 Å². The van der Waals surface area contributed by atoms with Crippen molar-refractivity contribution in [3.63, 3.8) is 0 Å². The van der Waals surface area contributed by atoms with E-state index in [2.05, 4.69) is 20.6 Å². The van der Waals surface area contributed by atoms with Gasteiger partial charge in [-0.3, -0.25) is 19.3 Å². The lowest BCUT2D eigenvalue weighted by Gasteiger charge is -2.04. The molecule has 2 amide bonds. The molecule has 0 aromatic heterocycles. The molecule has 0 aromatic rings. The van der Waals surface area contributed by atoms with Crippen LogP contribution in [0.4, 0.5) is 0 Å². The Hall–Kier alpha value is -1.14. The molecule has 0 saturated carbocycles. The molecule has 0 bridgehead atoms. The van der Waals surface area contributed by atoms with E-state index in [1.54, 1.807) is 13.8 Å². The average molecular weight is 204 g/mol. The van der Waals surface area contributed by atoms with E-state index >= 15 is 0 Å². The number of carbonyl (C=O) groups excluding carboxylic acids is 2. The van der Waals surface area contributed by atoms with Crippen LogP contribution in [0.5, 0.6) is 0 Å². The molecule has 0 aromatic carbocycles. The third kappa shape index (κ3) is 7.51. The highest BCUT2D eigenvalue weighted by molar-refractivity contribution is 5.82. The van der Waals surface area contributed by atoms with Crippen molar-refractivity contribution in [2.24, 2.45) is 0 Å². The maximum atomic E-state index is 10.9. The summed E-state index contributed by atoms with van der Waals surface area (Å²) in [7, 11) is 0. The van der Waals surface area contributed by atoms with Crippen LogP contribution in [0.15, 0.2) is 0 Å². The summed E-state index contributed by atoms with van der Waals surface area (Å²) in [6.07, 6.45) is 0.164. The van der Waals surface area contributed by atoms with Crippen LogP contribution in [-0.4, -0.2) is 25.0 Å². The molecule has 0 spiro atoms. The SMILES string of the molecule is CCONC(=O)CCC(=O)NOCC. The lowest BCUT2D eigenvalue weighted by atomic mass is 10.3. The van der Waals surface area contributed by atoms with Crippen molar-refractivity contribution in [2.45, 2.75) is 26.7 Å². The first-order chi connectivity index (χ1) is 6.70. The minimum atomic E-state index is -0.321. The lowest BCUT2D eigenvalue weighted by molar-refractivity contribution is -0.138. The summed E-state index contributed by atoms with van der Waals surface area (Å²) in [5, 5.41) is 0. The van der Waals surface area contributed by atoms with Gasteiger partial charge in [0.05, 0.1) is 13.2 Å². The molecule has 2 N–H and O–H groups in total. The summed E-state index contributed by atoms with van der Waals surface area (Å²) in [6.45, 7) is 4.30. The van der Waals surface area contributed by atoms with E-state index in [9.17, 15) is 9.59 Å². The average Bonchev–Trinajstić information content (AvgIpc) is 2.20. The Balaban J connectivity index is 3.41. The Morgan fingerprint density at radius 2 is 1.29 bits per heavy atom. The number of hydrogen-bond donors (Lipinski definition) is 2. The number of amides is 2. The van der Waals surface area contributed by atoms with Crippen molar-refractivity contribution in [1.82, 2.24) is 11.0 Å². The smallest absolute Gasteiger partial charge is 0.244 e. The van der Waals surface area contributed by atoms with Gasteiger partial charge in [-0.15, -0.1) is 0 Å². The molecule has 0 atom stereocenters. The van der Waals surface area contributed by atoms with Crippen molar-refractivity contribution in [2.75, 3.05) is 13.2 Å². The van der Waals surface area contributed by atoms with E-state index in [-0.39, 0.29) is 24.7 Å². The second kappa shape index (κ2) is 8.46. The van der Waals surface area contributed by atoms with E-state index < -0.39 is 0 Å².